The Morgan fingerprint density at radius 2 is 1.65 bits per heavy atom. The van der Waals surface area contributed by atoms with Crippen molar-refractivity contribution in [3.63, 3.8) is 0 Å². The van der Waals surface area contributed by atoms with Gasteiger partial charge in [-0.2, -0.15) is 0 Å². The fourth-order valence-corrected chi connectivity index (χ4v) is 6.40. The number of primary amides is 1. The molecular weight excluding hydrogens is 606 g/mol. The van der Waals surface area contributed by atoms with Gasteiger partial charge in [-0.1, -0.05) is 55.5 Å². The molecule has 0 bridgehead atoms. The summed E-state index contributed by atoms with van der Waals surface area (Å²) in [6, 6.07) is 17.5. The van der Waals surface area contributed by atoms with Crippen LogP contribution in [0.15, 0.2) is 66.9 Å². The Morgan fingerprint density at radius 1 is 0.957 bits per heavy atom. The fourth-order valence-electron chi connectivity index (χ4n) is 6.19. The number of fused-ring (bicyclic) bond motifs is 1. The van der Waals surface area contributed by atoms with Gasteiger partial charge in [0.25, 0.3) is 5.91 Å². The number of carbonyl (C=O) groups excluding carboxylic acids is 2. The van der Waals surface area contributed by atoms with Gasteiger partial charge in [-0.25, -0.2) is 9.59 Å². The van der Waals surface area contributed by atoms with E-state index in [1.54, 1.807) is 42.5 Å². The summed E-state index contributed by atoms with van der Waals surface area (Å²) in [6.45, 7) is 0.600. The summed E-state index contributed by atoms with van der Waals surface area (Å²) in [7, 11) is 1.37. The van der Waals surface area contributed by atoms with Gasteiger partial charge in [0, 0.05) is 17.3 Å². The van der Waals surface area contributed by atoms with Crippen molar-refractivity contribution in [2.45, 2.75) is 57.3 Å². The highest BCUT2D eigenvalue weighted by Gasteiger charge is 2.22. The number of esters is 1. The molecule has 2 aliphatic carbocycles. The molecule has 0 spiro atoms. The molecule has 1 amide bonds. The number of halogens is 1. The Balaban J connectivity index is 0.000000400. The number of amides is 1. The predicted molar refractivity (Wildman–Crippen MR) is 178 cm³/mol. The van der Waals surface area contributed by atoms with Crippen LogP contribution < -0.4 is 15.8 Å². The maximum absolute atomic E-state index is 12.5. The number of hydrogen-bond acceptors (Lipinski definition) is 7. The van der Waals surface area contributed by atoms with Crippen LogP contribution in [-0.4, -0.2) is 41.7 Å². The molecule has 2 aliphatic rings. The summed E-state index contributed by atoms with van der Waals surface area (Å²) in [6.07, 6.45) is 10.7. The van der Waals surface area contributed by atoms with Crippen LogP contribution in [0.5, 0.6) is 5.75 Å². The average molecular weight is 644 g/mol. The number of aromatic nitrogens is 1. The van der Waals surface area contributed by atoms with Gasteiger partial charge in [-0.3, -0.25) is 9.78 Å². The number of rotatable bonds is 9. The highest BCUT2D eigenvalue weighted by atomic mass is 35.5. The number of nitrogens with one attached hydrogen (secondary N) is 1. The summed E-state index contributed by atoms with van der Waals surface area (Å²) in [5, 5.41) is 12.9. The Morgan fingerprint density at radius 3 is 2.28 bits per heavy atom. The second-order valence-electron chi connectivity index (χ2n) is 11.8. The lowest BCUT2D eigenvalue weighted by atomic mass is 9.95. The van der Waals surface area contributed by atoms with E-state index in [1.165, 1.54) is 39.0 Å². The molecule has 1 heterocycles. The molecule has 240 valence electrons. The number of anilines is 2. The monoisotopic (exact) mass is 643 g/mol. The normalized spacial score (nSPS) is 14.8. The van der Waals surface area contributed by atoms with E-state index in [0.717, 1.165) is 31.2 Å². The number of carboxylic acid groups (broad SMARTS) is 1. The standard InChI is InChI=1S/C29H32ClN3O4.C7H6O2/c1-36-29(35)20-10-19(18-8-4-5-9-18)11-21(12-20)33-27-22-13-26(37-16-17-6-2-3-7-17)24(30)14-25(22)32-15-23(27)28(31)34;8-7(9)6-4-2-1-3-5-6/h10-15,17-18H,2-9,16H2,1H3,(H2,31,34)(H,32,33);1-5H,(H,8,9). The van der Waals surface area contributed by atoms with Gasteiger partial charge in [0.05, 0.1) is 46.6 Å². The summed E-state index contributed by atoms with van der Waals surface area (Å²) < 4.78 is 11.1. The molecule has 4 N–H and O–H groups in total. The summed E-state index contributed by atoms with van der Waals surface area (Å²) in [4.78, 5) is 39.5. The summed E-state index contributed by atoms with van der Waals surface area (Å²) >= 11 is 6.54. The van der Waals surface area contributed by atoms with Gasteiger partial charge >= 0.3 is 11.9 Å². The molecule has 0 radical (unpaired) electrons. The van der Waals surface area contributed by atoms with Crippen molar-refractivity contribution >= 4 is 51.7 Å². The average Bonchev–Trinajstić information content (AvgIpc) is 3.79. The summed E-state index contributed by atoms with van der Waals surface area (Å²) in [5.74, 6) is -0.454. The number of benzene rings is 3. The molecule has 46 heavy (non-hydrogen) atoms. The lowest BCUT2D eigenvalue weighted by Gasteiger charge is -2.18. The van der Waals surface area contributed by atoms with E-state index in [4.69, 9.17) is 31.9 Å². The number of pyridine rings is 1. The number of hydrogen-bond donors (Lipinski definition) is 3. The maximum atomic E-state index is 12.5. The molecule has 9 nitrogen and oxygen atoms in total. The number of aromatic carboxylic acids is 1. The highest BCUT2D eigenvalue weighted by Crippen LogP contribution is 2.39. The van der Waals surface area contributed by atoms with Crippen LogP contribution in [0.4, 0.5) is 11.4 Å². The van der Waals surface area contributed by atoms with Crippen molar-refractivity contribution in [1.82, 2.24) is 4.98 Å². The number of carboxylic acids is 1. The van der Waals surface area contributed by atoms with Crippen LogP contribution in [0.25, 0.3) is 10.9 Å². The third-order valence-electron chi connectivity index (χ3n) is 8.63. The van der Waals surface area contributed by atoms with Crippen LogP contribution in [-0.2, 0) is 4.74 Å². The first-order valence-corrected chi connectivity index (χ1v) is 15.9. The van der Waals surface area contributed by atoms with Crippen molar-refractivity contribution in [3.05, 3.63) is 94.1 Å². The fraction of sp³-hybridized carbons (Fsp3) is 0.333. The van der Waals surface area contributed by atoms with Crippen LogP contribution >= 0.6 is 11.6 Å². The minimum atomic E-state index is -0.879. The molecule has 2 saturated carbocycles. The SMILES string of the molecule is COC(=O)c1cc(Nc2c(C(N)=O)cnc3cc(Cl)c(OCC4CCCC4)cc23)cc(C2CCCC2)c1.O=C(O)c1ccccc1. The zero-order valence-electron chi connectivity index (χ0n) is 25.8. The number of ether oxygens (including phenoxy) is 2. The van der Waals surface area contributed by atoms with Crippen molar-refractivity contribution in [3.8, 4) is 5.75 Å². The number of nitrogens with two attached hydrogens (primary N) is 1. The molecule has 6 rings (SSSR count). The van der Waals surface area contributed by atoms with E-state index in [0.29, 0.717) is 62.6 Å². The largest absolute Gasteiger partial charge is 0.492 e. The van der Waals surface area contributed by atoms with E-state index >= 15 is 0 Å². The second-order valence-corrected chi connectivity index (χ2v) is 12.2. The highest BCUT2D eigenvalue weighted by molar-refractivity contribution is 6.33. The Kier molecular flexibility index (Phi) is 10.8. The topological polar surface area (TPSA) is 141 Å². The number of methoxy groups -OCH3 is 1. The third-order valence-corrected chi connectivity index (χ3v) is 8.92. The molecule has 10 heteroatoms. The number of nitrogens with zero attached hydrogens (tertiary/aromatic N) is 1. The molecule has 4 aromatic rings. The zero-order valence-corrected chi connectivity index (χ0v) is 26.5. The van der Waals surface area contributed by atoms with Crippen LogP contribution in [0.3, 0.4) is 0 Å². The molecule has 0 saturated heterocycles. The van der Waals surface area contributed by atoms with Gasteiger partial charge in [-0.15, -0.1) is 0 Å². The Labute approximate surface area is 273 Å². The zero-order chi connectivity index (χ0) is 32.6. The van der Waals surface area contributed by atoms with E-state index < -0.39 is 17.8 Å². The van der Waals surface area contributed by atoms with Gasteiger partial charge in [0.15, 0.2) is 0 Å². The van der Waals surface area contributed by atoms with E-state index in [-0.39, 0.29) is 5.56 Å². The van der Waals surface area contributed by atoms with Crippen molar-refractivity contribution in [2.75, 3.05) is 19.0 Å². The Hall–Kier alpha value is -4.63. The Bertz CT molecular complexity index is 1720. The van der Waals surface area contributed by atoms with Gasteiger partial charge in [0.1, 0.15) is 5.75 Å². The molecular formula is C36H38ClN3O6. The first-order valence-electron chi connectivity index (χ1n) is 15.6. The minimum absolute atomic E-state index is 0.238. The van der Waals surface area contributed by atoms with Crippen molar-refractivity contribution in [2.24, 2.45) is 11.7 Å². The van der Waals surface area contributed by atoms with Gasteiger partial charge < -0.3 is 25.6 Å². The quantitative estimate of drug-likeness (QED) is 0.155. The molecule has 0 atom stereocenters. The van der Waals surface area contributed by atoms with Crippen LogP contribution in [0, 0.1) is 5.92 Å². The number of carbonyl (C=O) groups is 3. The van der Waals surface area contributed by atoms with Gasteiger partial charge in [0.2, 0.25) is 0 Å². The second kappa shape index (κ2) is 15.1. The van der Waals surface area contributed by atoms with Crippen molar-refractivity contribution in [1.29, 1.82) is 0 Å². The molecule has 0 unspecified atom stereocenters. The van der Waals surface area contributed by atoms with Crippen molar-refractivity contribution < 1.29 is 29.0 Å². The van der Waals surface area contributed by atoms with E-state index in [1.807, 2.05) is 18.2 Å². The predicted octanol–water partition coefficient (Wildman–Crippen LogP) is 8.13. The summed E-state index contributed by atoms with van der Waals surface area (Å²) in [5.41, 5.74) is 9.62. The lowest BCUT2D eigenvalue weighted by molar-refractivity contribution is 0.0599. The maximum Gasteiger partial charge on any atom is 0.337 e. The molecule has 3 aromatic carbocycles. The lowest BCUT2D eigenvalue weighted by Crippen LogP contribution is -2.14. The molecule has 2 fully saturated rings. The van der Waals surface area contributed by atoms with Crippen LogP contribution in [0.2, 0.25) is 5.02 Å². The smallest absolute Gasteiger partial charge is 0.337 e. The van der Waals surface area contributed by atoms with E-state index in [9.17, 15) is 14.4 Å². The van der Waals surface area contributed by atoms with Crippen LogP contribution in [0.1, 0.15) is 93.9 Å². The third kappa shape index (κ3) is 7.95. The minimum Gasteiger partial charge on any atom is -0.492 e. The molecule has 0 aliphatic heterocycles. The first kappa shape index (κ1) is 32.8. The molecule has 1 aromatic heterocycles. The van der Waals surface area contributed by atoms with E-state index in [2.05, 4.69) is 10.3 Å². The van der Waals surface area contributed by atoms with Gasteiger partial charge in [-0.05, 0) is 85.5 Å². The first-order chi connectivity index (χ1) is 22.2.